The van der Waals surface area contributed by atoms with Crippen molar-refractivity contribution in [1.82, 2.24) is 0 Å². The van der Waals surface area contributed by atoms with E-state index >= 15 is 0 Å². The molecule has 0 saturated heterocycles. The van der Waals surface area contributed by atoms with Crippen LogP contribution in [0, 0.1) is 0 Å². The van der Waals surface area contributed by atoms with Crippen molar-refractivity contribution in [2.45, 2.75) is 175 Å². The minimum Gasteiger partial charge on any atom is -0.409 e. The van der Waals surface area contributed by atoms with E-state index in [-0.39, 0.29) is 0 Å². The molecule has 0 amide bonds. The Labute approximate surface area is 302 Å². The predicted octanol–water partition coefficient (Wildman–Crippen LogP) is 15.3. The Hall–Kier alpha value is -2.51. The van der Waals surface area contributed by atoms with E-state index < -0.39 is 8.60 Å². The maximum absolute atomic E-state index is 6.38. The number of aryl methyl sites for hydroxylation is 3. The van der Waals surface area contributed by atoms with Crippen molar-refractivity contribution in [3.63, 3.8) is 0 Å². The lowest BCUT2D eigenvalue weighted by Gasteiger charge is -2.18. The van der Waals surface area contributed by atoms with E-state index in [4.69, 9.17) is 13.6 Å². The van der Waals surface area contributed by atoms with Gasteiger partial charge >= 0.3 is 8.60 Å². The molecule has 0 aliphatic rings. The fourth-order valence-electron chi connectivity index (χ4n) is 6.32. The zero-order valence-electron chi connectivity index (χ0n) is 31.6. The third kappa shape index (κ3) is 19.5. The summed E-state index contributed by atoms with van der Waals surface area (Å²) in [5.74, 6) is 2.33. The molecule has 0 saturated carbocycles. The molecular formula is C45H69O3P. The first-order chi connectivity index (χ1) is 24.2. The van der Waals surface area contributed by atoms with E-state index in [2.05, 4.69) is 93.6 Å². The highest BCUT2D eigenvalue weighted by Gasteiger charge is 2.20. The van der Waals surface area contributed by atoms with Crippen LogP contribution in [0.1, 0.15) is 172 Å². The highest BCUT2D eigenvalue weighted by molar-refractivity contribution is 7.43. The highest BCUT2D eigenvalue weighted by atomic mass is 31.2. The minimum absolute atomic E-state index is 0.778. The van der Waals surface area contributed by atoms with Gasteiger partial charge in [-0.15, -0.1) is 0 Å². The number of benzene rings is 3. The molecule has 4 heteroatoms. The monoisotopic (exact) mass is 688 g/mol. The van der Waals surface area contributed by atoms with Crippen LogP contribution in [0.2, 0.25) is 0 Å². The molecule has 3 rings (SSSR count). The maximum Gasteiger partial charge on any atom is 0.530 e. The van der Waals surface area contributed by atoms with Crippen LogP contribution in [0.25, 0.3) is 0 Å². The topological polar surface area (TPSA) is 27.7 Å². The minimum atomic E-state index is -1.68. The van der Waals surface area contributed by atoms with Crippen LogP contribution >= 0.6 is 8.60 Å². The van der Waals surface area contributed by atoms with Gasteiger partial charge in [0.05, 0.1) is 0 Å². The number of hydrogen-bond acceptors (Lipinski definition) is 3. The second-order valence-corrected chi connectivity index (χ2v) is 15.0. The Morgan fingerprint density at radius 3 is 0.776 bits per heavy atom. The Balaban J connectivity index is 1.53. The largest absolute Gasteiger partial charge is 0.530 e. The van der Waals surface area contributed by atoms with Gasteiger partial charge in [-0.1, -0.05) is 173 Å². The van der Waals surface area contributed by atoms with Gasteiger partial charge in [-0.3, -0.25) is 0 Å². The van der Waals surface area contributed by atoms with Crippen molar-refractivity contribution < 1.29 is 13.6 Å². The second kappa shape index (κ2) is 27.2. The van der Waals surface area contributed by atoms with Gasteiger partial charge < -0.3 is 13.6 Å². The first-order valence-corrected chi connectivity index (χ1v) is 21.4. The first-order valence-electron chi connectivity index (χ1n) is 20.3. The van der Waals surface area contributed by atoms with Gasteiger partial charge in [-0.25, -0.2) is 0 Å². The molecule has 3 aromatic rings. The van der Waals surface area contributed by atoms with Crippen LogP contribution < -0.4 is 13.6 Å². The third-order valence-electron chi connectivity index (χ3n) is 9.52. The zero-order chi connectivity index (χ0) is 34.6. The molecule has 0 fully saturated rings. The Kier molecular flexibility index (Phi) is 22.7. The average Bonchev–Trinajstić information content (AvgIpc) is 3.12. The van der Waals surface area contributed by atoms with Crippen LogP contribution in [-0.4, -0.2) is 0 Å². The quantitative estimate of drug-likeness (QED) is 0.0515. The Morgan fingerprint density at radius 1 is 0.306 bits per heavy atom. The van der Waals surface area contributed by atoms with Crippen molar-refractivity contribution in [1.29, 1.82) is 0 Å². The average molecular weight is 689 g/mol. The molecule has 49 heavy (non-hydrogen) atoms. The molecule has 0 aliphatic carbocycles. The lowest BCUT2D eigenvalue weighted by atomic mass is 10.0. The molecule has 0 radical (unpaired) electrons. The molecule has 0 bridgehead atoms. The molecule has 3 aromatic carbocycles. The van der Waals surface area contributed by atoms with Gasteiger partial charge in [0.15, 0.2) is 0 Å². The Morgan fingerprint density at radius 2 is 0.531 bits per heavy atom. The number of rotatable bonds is 30. The van der Waals surface area contributed by atoms with Crippen LogP contribution in [0.4, 0.5) is 0 Å². The van der Waals surface area contributed by atoms with Gasteiger partial charge in [-0.2, -0.15) is 0 Å². The molecule has 0 unspecified atom stereocenters. The number of unbranched alkanes of at least 4 members (excludes halogenated alkanes) is 18. The molecular weight excluding hydrogens is 619 g/mol. The summed E-state index contributed by atoms with van der Waals surface area (Å²) in [6.07, 6.45) is 31.3. The normalized spacial score (nSPS) is 11.3. The van der Waals surface area contributed by atoms with E-state index in [1.165, 1.54) is 152 Å². The molecule has 0 atom stereocenters. The van der Waals surface area contributed by atoms with Crippen molar-refractivity contribution >= 4 is 8.60 Å². The van der Waals surface area contributed by atoms with Crippen molar-refractivity contribution in [2.75, 3.05) is 0 Å². The highest BCUT2D eigenvalue weighted by Crippen LogP contribution is 2.42. The smallest absolute Gasteiger partial charge is 0.409 e. The van der Waals surface area contributed by atoms with Crippen molar-refractivity contribution in [2.24, 2.45) is 0 Å². The second-order valence-electron chi connectivity index (χ2n) is 14.0. The molecule has 0 aliphatic heterocycles. The molecule has 0 spiro atoms. The van der Waals surface area contributed by atoms with Crippen LogP contribution in [-0.2, 0) is 19.3 Å². The van der Waals surface area contributed by atoms with E-state index in [1.54, 1.807) is 0 Å². The predicted molar refractivity (Wildman–Crippen MR) is 213 cm³/mol. The summed E-state index contributed by atoms with van der Waals surface area (Å²) < 4.78 is 19.1. The molecule has 272 valence electrons. The van der Waals surface area contributed by atoms with Crippen LogP contribution in [0.3, 0.4) is 0 Å². The maximum atomic E-state index is 6.38. The third-order valence-corrected chi connectivity index (χ3v) is 10.6. The van der Waals surface area contributed by atoms with Crippen LogP contribution in [0.15, 0.2) is 72.8 Å². The van der Waals surface area contributed by atoms with Crippen LogP contribution in [0.5, 0.6) is 17.2 Å². The Bertz CT molecular complexity index is 1020. The summed E-state index contributed by atoms with van der Waals surface area (Å²) in [6, 6.07) is 25.5. The van der Waals surface area contributed by atoms with Gasteiger partial charge in [0, 0.05) is 0 Å². The summed E-state index contributed by atoms with van der Waals surface area (Å²) >= 11 is 0. The van der Waals surface area contributed by atoms with E-state index in [0.29, 0.717) is 0 Å². The van der Waals surface area contributed by atoms with E-state index in [9.17, 15) is 0 Å². The molecule has 0 heterocycles. The van der Waals surface area contributed by atoms with Gasteiger partial charge in [0.25, 0.3) is 0 Å². The summed E-state index contributed by atoms with van der Waals surface area (Å²) in [5, 5.41) is 0. The summed E-state index contributed by atoms with van der Waals surface area (Å²) in [5.41, 5.74) is 4.08. The standard InChI is InChI=1S/C45H69O3P/c1-4-7-10-13-16-19-22-25-40-28-34-43(35-29-40)46-49(47-44-36-30-41(31-37-44)26-23-20-17-14-11-8-5-2)48-45-38-32-42(33-39-45)27-24-21-18-15-12-9-6-3/h28-39H,4-27H2,1-3H3. The van der Waals surface area contributed by atoms with Crippen molar-refractivity contribution in [3.8, 4) is 17.2 Å². The lowest BCUT2D eigenvalue weighted by molar-refractivity contribution is 0.388. The van der Waals surface area contributed by atoms with Gasteiger partial charge in [-0.05, 0) is 91.6 Å². The van der Waals surface area contributed by atoms with E-state index in [1.807, 2.05) is 0 Å². The van der Waals surface area contributed by atoms with E-state index in [0.717, 1.165) is 36.5 Å². The van der Waals surface area contributed by atoms with Crippen molar-refractivity contribution in [3.05, 3.63) is 89.5 Å². The fraction of sp³-hybridized carbons (Fsp3) is 0.600. The summed E-state index contributed by atoms with van der Waals surface area (Å²) in [4.78, 5) is 0. The molecule has 3 nitrogen and oxygen atoms in total. The molecule has 0 aromatic heterocycles. The summed E-state index contributed by atoms with van der Waals surface area (Å²) in [7, 11) is -1.68. The number of hydrogen-bond donors (Lipinski definition) is 0. The summed E-state index contributed by atoms with van der Waals surface area (Å²) in [6.45, 7) is 6.83. The van der Waals surface area contributed by atoms with Gasteiger partial charge in [0.1, 0.15) is 17.2 Å². The SMILES string of the molecule is CCCCCCCCCc1ccc(OP(Oc2ccc(CCCCCCCCC)cc2)Oc2ccc(CCCCCCCCC)cc2)cc1. The fourth-order valence-corrected chi connectivity index (χ4v) is 7.32. The first kappa shape index (κ1) is 40.9. The van der Waals surface area contributed by atoms with Gasteiger partial charge in [0.2, 0.25) is 0 Å². The zero-order valence-corrected chi connectivity index (χ0v) is 32.5. The lowest BCUT2D eigenvalue weighted by Crippen LogP contribution is -2.03. The molecule has 0 N–H and O–H groups in total.